The first-order chi connectivity index (χ1) is 10.1. The Morgan fingerprint density at radius 1 is 1.29 bits per heavy atom. The van der Waals surface area contributed by atoms with Crippen LogP contribution in [-0.4, -0.2) is 18.2 Å². The fourth-order valence-electron chi connectivity index (χ4n) is 2.88. The van der Waals surface area contributed by atoms with Gasteiger partial charge in [-0.3, -0.25) is 0 Å². The minimum atomic E-state index is -0.365. The van der Waals surface area contributed by atoms with Gasteiger partial charge >= 0.3 is 5.97 Å². The number of carbonyl (C=O) groups is 1. The number of aryl methyl sites for hydroxylation is 1. The molecule has 4 nitrogen and oxygen atoms in total. The molecule has 21 heavy (non-hydrogen) atoms. The maximum absolute atomic E-state index is 11.9. The van der Waals surface area contributed by atoms with Crippen LogP contribution in [0.4, 0.5) is 0 Å². The van der Waals surface area contributed by atoms with Crippen molar-refractivity contribution in [2.24, 2.45) is 0 Å². The number of fused-ring (bicyclic) bond motifs is 3. The molecule has 0 atom stereocenters. The predicted octanol–water partition coefficient (Wildman–Crippen LogP) is 3.18. The summed E-state index contributed by atoms with van der Waals surface area (Å²) in [5.74, 6) is -0.141. The van der Waals surface area contributed by atoms with E-state index in [4.69, 9.17) is 9.47 Å². The normalized spacial score (nSPS) is 13.0. The Balaban J connectivity index is 2.28. The van der Waals surface area contributed by atoms with Crippen molar-refractivity contribution in [3.63, 3.8) is 0 Å². The largest absolute Gasteiger partial charge is 0.508 e. The molecule has 2 aromatic rings. The van der Waals surface area contributed by atoms with Gasteiger partial charge in [0.15, 0.2) is 0 Å². The van der Waals surface area contributed by atoms with Gasteiger partial charge < -0.3 is 14.6 Å². The molecule has 0 radical (unpaired) electrons. The lowest BCUT2D eigenvalue weighted by Crippen LogP contribution is -2.07. The maximum Gasteiger partial charge on any atom is 0.338 e. The van der Waals surface area contributed by atoms with E-state index in [2.05, 4.69) is 0 Å². The second kappa shape index (κ2) is 5.22. The molecule has 0 bridgehead atoms. The van der Waals surface area contributed by atoms with Crippen molar-refractivity contribution in [2.45, 2.75) is 20.1 Å². The van der Waals surface area contributed by atoms with Crippen LogP contribution in [0.1, 0.15) is 27.0 Å². The molecular formula is C17H16O4. The van der Waals surface area contributed by atoms with Gasteiger partial charge in [0.2, 0.25) is 0 Å². The lowest BCUT2D eigenvalue weighted by molar-refractivity contribution is 0.0591. The number of aromatic hydroxyl groups is 1. The first kappa shape index (κ1) is 13.6. The summed E-state index contributed by atoms with van der Waals surface area (Å²) < 4.78 is 10.5. The van der Waals surface area contributed by atoms with Gasteiger partial charge in [-0.15, -0.1) is 0 Å². The van der Waals surface area contributed by atoms with Crippen molar-refractivity contribution in [3.05, 3.63) is 52.6 Å². The van der Waals surface area contributed by atoms with Crippen LogP contribution in [-0.2, 0) is 22.7 Å². The average molecular weight is 284 g/mol. The zero-order chi connectivity index (χ0) is 15.0. The number of hydrogen-bond acceptors (Lipinski definition) is 4. The van der Waals surface area contributed by atoms with Crippen LogP contribution in [0.3, 0.4) is 0 Å². The fraction of sp³-hybridized carbons (Fsp3) is 0.235. The molecule has 0 amide bonds. The topological polar surface area (TPSA) is 55.8 Å². The lowest BCUT2D eigenvalue weighted by Gasteiger charge is -2.14. The minimum absolute atomic E-state index is 0.224. The van der Waals surface area contributed by atoms with Crippen LogP contribution >= 0.6 is 0 Å². The Bertz CT molecular complexity index is 719. The van der Waals surface area contributed by atoms with Crippen molar-refractivity contribution in [1.29, 1.82) is 0 Å². The molecule has 0 unspecified atom stereocenters. The lowest BCUT2D eigenvalue weighted by atomic mass is 9.90. The standard InChI is InChI=1S/C17H16O4/c1-10-6-12(18)7-11-8-21-9-15-13(16(10)11)4-3-5-14(15)17(19)20-2/h3-7,18H,8-9H2,1-2H3. The van der Waals surface area contributed by atoms with Crippen molar-refractivity contribution in [2.75, 3.05) is 7.11 Å². The molecular weight excluding hydrogens is 268 g/mol. The number of methoxy groups -OCH3 is 1. The van der Waals surface area contributed by atoms with Crippen molar-refractivity contribution >= 4 is 5.97 Å². The van der Waals surface area contributed by atoms with Crippen LogP contribution in [0.5, 0.6) is 5.75 Å². The van der Waals surface area contributed by atoms with Crippen LogP contribution < -0.4 is 0 Å². The van der Waals surface area contributed by atoms with Gasteiger partial charge in [0.05, 0.1) is 25.9 Å². The van der Waals surface area contributed by atoms with Crippen LogP contribution in [0.25, 0.3) is 11.1 Å². The quantitative estimate of drug-likeness (QED) is 0.817. The van der Waals surface area contributed by atoms with E-state index in [-0.39, 0.29) is 11.7 Å². The van der Waals surface area contributed by atoms with E-state index in [1.165, 1.54) is 7.11 Å². The average Bonchev–Trinajstić information content (AvgIpc) is 2.65. The van der Waals surface area contributed by atoms with E-state index in [1.54, 1.807) is 18.2 Å². The summed E-state index contributed by atoms with van der Waals surface area (Å²) >= 11 is 0. The van der Waals surface area contributed by atoms with Gasteiger partial charge in [-0.25, -0.2) is 4.79 Å². The second-order valence-corrected chi connectivity index (χ2v) is 5.11. The highest BCUT2D eigenvalue weighted by molar-refractivity contribution is 5.94. The number of phenolic OH excluding ortho intramolecular Hbond substituents is 1. The molecule has 0 aliphatic carbocycles. The number of benzene rings is 2. The highest BCUT2D eigenvalue weighted by atomic mass is 16.5. The van der Waals surface area contributed by atoms with Gasteiger partial charge in [0.1, 0.15) is 5.75 Å². The zero-order valence-electron chi connectivity index (χ0n) is 12.0. The Labute approximate surface area is 122 Å². The molecule has 0 fully saturated rings. The van der Waals surface area contributed by atoms with Gasteiger partial charge in [-0.2, -0.15) is 0 Å². The molecule has 108 valence electrons. The van der Waals surface area contributed by atoms with Crippen molar-refractivity contribution < 1.29 is 19.4 Å². The summed E-state index contributed by atoms with van der Waals surface area (Å²) in [6.07, 6.45) is 0. The molecule has 3 rings (SSSR count). The van der Waals surface area contributed by atoms with Crippen LogP contribution in [0.15, 0.2) is 30.3 Å². The number of carbonyl (C=O) groups excluding carboxylic acids is 1. The third-order valence-corrected chi connectivity index (χ3v) is 3.76. The number of esters is 1. The predicted molar refractivity (Wildman–Crippen MR) is 78.1 cm³/mol. The smallest absolute Gasteiger partial charge is 0.338 e. The number of phenols is 1. The zero-order valence-corrected chi connectivity index (χ0v) is 12.0. The highest BCUT2D eigenvalue weighted by Crippen LogP contribution is 2.37. The van der Waals surface area contributed by atoms with E-state index >= 15 is 0 Å². The van der Waals surface area contributed by atoms with Gasteiger partial charge in [0, 0.05) is 5.56 Å². The molecule has 0 saturated heterocycles. The SMILES string of the molecule is COC(=O)c1cccc2c1COCc1cc(O)cc(C)c1-2. The molecule has 0 saturated carbocycles. The van der Waals surface area contributed by atoms with Crippen molar-refractivity contribution in [3.8, 4) is 16.9 Å². The summed E-state index contributed by atoms with van der Waals surface area (Å²) in [4.78, 5) is 11.9. The molecule has 4 heteroatoms. The van der Waals surface area contributed by atoms with Crippen LogP contribution in [0.2, 0.25) is 0 Å². The molecule has 0 aromatic heterocycles. The molecule has 1 aliphatic rings. The molecule has 0 spiro atoms. The van der Waals surface area contributed by atoms with E-state index in [9.17, 15) is 9.90 Å². The van der Waals surface area contributed by atoms with Gasteiger partial charge in [-0.1, -0.05) is 12.1 Å². The van der Waals surface area contributed by atoms with Crippen LogP contribution in [0, 0.1) is 6.92 Å². The summed E-state index contributed by atoms with van der Waals surface area (Å²) in [6, 6.07) is 8.99. The van der Waals surface area contributed by atoms with E-state index in [1.807, 2.05) is 19.1 Å². The Kier molecular flexibility index (Phi) is 3.39. The molecule has 1 N–H and O–H groups in total. The number of rotatable bonds is 1. The second-order valence-electron chi connectivity index (χ2n) is 5.11. The minimum Gasteiger partial charge on any atom is -0.508 e. The summed E-state index contributed by atoms with van der Waals surface area (Å²) in [7, 11) is 1.37. The fourth-order valence-corrected chi connectivity index (χ4v) is 2.88. The Morgan fingerprint density at radius 3 is 2.86 bits per heavy atom. The van der Waals surface area contributed by atoms with Gasteiger partial charge in [-0.05, 0) is 47.4 Å². The van der Waals surface area contributed by atoms with Gasteiger partial charge in [0.25, 0.3) is 0 Å². The monoisotopic (exact) mass is 284 g/mol. The number of hydrogen-bond donors (Lipinski definition) is 1. The molecule has 1 aliphatic heterocycles. The molecule has 1 heterocycles. The first-order valence-electron chi connectivity index (χ1n) is 6.72. The first-order valence-corrected chi connectivity index (χ1v) is 6.72. The summed E-state index contributed by atoms with van der Waals surface area (Å²) in [5.41, 5.74) is 5.22. The van der Waals surface area contributed by atoms with Crippen molar-refractivity contribution in [1.82, 2.24) is 0 Å². The van der Waals surface area contributed by atoms with E-state index < -0.39 is 0 Å². The summed E-state index contributed by atoms with van der Waals surface area (Å²) in [6.45, 7) is 2.69. The third-order valence-electron chi connectivity index (χ3n) is 3.76. The third kappa shape index (κ3) is 2.28. The van der Waals surface area contributed by atoms with E-state index in [0.717, 1.165) is 27.8 Å². The highest BCUT2D eigenvalue weighted by Gasteiger charge is 2.22. The molecule has 2 aromatic carbocycles. The maximum atomic E-state index is 11.9. The summed E-state index contributed by atoms with van der Waals surface area (Å²) in [5, 5.41) is 9.76. The Morgan fingerprint density at radius 2 is 2.10 bits per heavy atom. The Hall–Kier alpha value is -2.33. The van der Waals surface area contributed by atoms with E-state index in [0.29, 0.717) is 18.8 Å². The number of ether oxygens (including phenoxy) is 2.